The first-order valence-corrected chi connectivity index (χ1v) is 8.25. The van der Waals surface area contributed by atoms with Gasteiger partial charge in [0.25, 0.3) is 0 Å². The zero-order chi connectivity index (χ0) is 14.7. The lowest BCUT2D eigenvalue weighted by atomic mass is 10.1. The third kappa shape index (κ3) is 3.15. The van der Waals surface area contributed by atoms with E-state index in [1.54, 1.807) is 4.90 Å². The van der Waals surface area contributed by atoms with Crippen molar-refractivity contribution in [1.29, 1.82) is 0 Å². The topological polar surface area (TPSA) is 49.9 Å². The summed E-state index contributed by atoms with van der Waals surface area (Å²) < 4.78 is 5.13. The van der Waals surface area contributed by atoms with Crippen LogP contribution in [0.3, 0.4) is 0 Å². The van der Waals surface area contributed by atoms with Crippen LogP contribution in [0, 0.1) is 0 Å². The molecule has 3 rings (SSSR count). The maximum absolute atomic E-state index is 12.3. The summed E-state index contributed by atoms with van der Waals surface area (Å²) in [6.07, 6.45) is -0.399. The molecule has 0 spiro atoms. The van der Waals surface area contributed by atoms with Crippen molar-refractivity contribution in [2.75, 3.05) is 37.7 Å². The molecule has 1 atom stereocenters. The third-order valence-electron chi connectivity index (χ3n) is 3.83. The molecule has 21 heavy (non-hydrogen) atoms. The molecule has 2 aliphatic heterocycles. The van der Waals surface area contributed by atoms with Gasteiger partial charge in [-0.05, 0) is 5.56 Å². The minimum atomic E-state index is -0.399. The molecule has 0 saturated carbocycles. The number of hydrogen-bond donors (Lipinski definition) is 0. The Hall–Kier alpha value is -1.69. The molecular weight excluding hydrogens is 288 g/mol. The second kappa shape index (κ2) is 6.39. The molecule has 2 amide bonds. The molecule has 0 N–H and O–H groups in total. The van der Waals surface area contributed by atoms with E-state index >= 15 is 0 Å². The SMILES string of the molecule is O=C(CN1C(=O)OC[C@@H]1c1ccccc1)N1CCSCC1. The van der Waals surface area contributed by atoms with Crippen molar-refractivity contribution < 1.29 is 14.3 Å². The van der Waals surface area contributed by atoms with E-state index in [0.717, 1.165) is 30.2 Å². The van der Waals surface area contributed by atoms with Crippen LogP contribution in [0.5, 0.6) is 0 Å². The number of nitrogens with zero attached hydrogens (tertiary/aromatic N) is 2. The second-order valence-corrected chi connectivity index (χ2v) is 6.35. The van der Waals surface area contributed by atoms with Gasteiger partial charge >= 0.3 is 6.09 Å². The molecule has 0 radical (unpaired) electrons. The zero-order valence-electron chi connectivity index (χ0n) is 11.7. The van der Waals surface area contributed by atoms with E-state index in [1.165, 1.54) is 0 Å². The van der Waals surface area contributed by atoms with Crippen LogP contribution in [0.15, 0.2) is 30.3 Å². The van der Waals surface area contributed by atoms with Crippen LogP contribution in [0.4, 0.5) is 4.79 Å². The number of thioether (sulfide) groups is 1. The molecule has 2 fully saturated rings. The number of benzene rings is 1. The Kier molecular flexibility index (Phi) is 4.34. The number of hydrogen-bond acceptors (Lipinski definition) is 4. The molecule has 0 bridgehead atoms. The highest BCUT2D eigenvalue weighted by atomic mass is 32.2. The highest BCUT2D eigenvalue weighted by molar-refractivity contribution is 7.99. The Balaban J connectivity index is 1.69. The van der Waals surface area contributed by atoms with E-state index in [-0.39, 0.29) is 18.5 Å². The van der Waals surface area contributed by atoms with Crippen molar-refractivity contribution >= 4 is 23.8 Å². The highest BCUT2D eigenvalue weighted by Gasteiger charge is 2.36. The van der Waals surface area contributed by atoms with Gasteiger partial charge < -0.3 is 9.64 Å². The minimum Gasteiger partial charge on any atom is -0.447 e. The molecule has 6 heteroatoms. The second-order valence-electron chi connectivity index (χ2n) is 5.12. The summed E-state index contributed by atoms with van der Waals surface area (Å²) in [6, 6.07) is 9.55. The minimum absolute atomic E-state index is 0.00933. The molecule has 2 heterocycles. The van der Waals surface area contributed by atoms with Crippen LogP contribution in [-0.2, 0) is 9.53 Å². The van der Waals surface area contributed by atoms with E-state index in [2.05, 4.69) is 0 Å². The Morgan fingerprint density at radius 2 is 1.95 bits per heavy atom. The fourth-order valence-electron chi connectivity index (χ4n) is 2.63. The van der Waals surface area contributed by atoms with Crippen molar-refractivity contribution in [2.45, 2.75) is 6.04 Å². The molecular formula is C15H18N2O3S. The Labute approximate surface area is 128 Å². The monoisotopic (exact) mass is 306 g/mol. The molecule has 0 aromatic heterocycles. The first kappa shape index (κ1) is 14.3. The van der Waals surface area contributed by atoms with Crippen molar-refractivity contribution in [3.8, 4) is 0 Å². The van der Waals surface area contributed by atoms with Gasteiger partial charge in [-0.2, -0.15) is 11.8 Å². The summed E-state index contributed by atoms with van der Waals surface area (Å²) in [5.74, 6) is 1.95. The van der Waals surface area contributed by atoms with Gasteiger partial charge in [0, 0.05) is 24.6 Å². The summed E-state index contributed by atoms with van der Waals surface area (Å²) in [6.45, 7) is 1.94. The largest absolute Gasteiger partial charge is 0.447 e. The molecule has 5 nitrogen and oxygen atoms in total. The molecule has 2 saturated heterocycles. The van der Waals surface area contributed by atoms with Crippen molar-refractivity contribution in [2.24, 2.45) is 0 Å². The molecule has 0 unspecified atom stereocenters. The fraction of sp³-hybridized carbons (Fsp3) is 0.467. The summed E-state index contributed by atoms with van der Waals surface area (Å²) in [7, 11) is 0. The van der Waals surface area contributed by atoms with Crippen LogP contribution < -0.4 is 0 Å². The van der Waals surface area contributed by atoms with Gasteiger partial charge in [-0.3, -0.25) is 9.69 Å². The lowest BCUT2D eigenvalue weighted by molar-refractivity contribution is -0.131. The van der Waals surface area contributed by atoms with Gasteiger partial charge in [-0.15, -0.1) is 0 Å². The number of rotatable bonds is 3. The van der Waals surface area contributed by atoms with Crippen LogP contribution in [0.25, 0.3) is 0 Å². The first-order valence-electron chi connectivity index (χ1n) is 7.09. The summed E-state index contributed by atoms with van der Waals surface area (Å²) >= 11 is 1.86. The molecule has 1 aromatic carbocycles. The van der Waals surface area contributed by atoms with Crippen molar-refractivity contribution in [3.63, 3.8) is 0 Å². The first-order chi connectivity index (χ1) is 10.3. The molecule has 2 aliphatic rings. The van der Waals surface area contributed by atoms with Crippen LogP contribution in [0.1, 0.15) is 11.6 Å². The van der Waals surface area contributed by atoms with E-state index in [4.69, 9.17) is 4.74 Å². The van der Waals surface area contributed by atoms with E-state index in [1.807, 2.05) is 47.0 Å². The van der Waals surface area contributed by atoms with Gasteiger partial charge in [0.05, 0.1) is 6.04 Å². The lowest BCUT2D eigenvalue weighted by Crippen LogP contribution is -2.44. The van der Waals surface area contributed by atoms with Crippen molar-refractivity contribution in [1.82, 2.24) is 9.80 Å². The van der Waals surface area contributed by atoms with E-state index in [0.29, 0.717) is 6.61 Å². The number of cyclic esters (lactones) is 1. The maximum Gasteiger partial charge on any atom is 0.410 e. The molecule has 0 aliphatic carbocycles. The summed E-state index contributed by atoms with van der Waals surface area (Å²) in [5, 5.41) is 0. The fourth-order valence-corrected chi connectivity index (χ4v) is 3.54. The number of amides is 2. The quantitative estimate of drug-likeness (QED) is 0.854. The predicted octanol–water partition coefficient (Wildman–Crippen LogP) is 1.76. The molecule has 1 aromatic rings. The maximum atomic E-state index is 12.3. The Morgan fingerprint density at radius 1 is 1.24 bits per heavy atom. The lowest BCUT2D eigenvalue weighted by Gasteiger charge is -2.29. The molecule has 112 valence electrons. The van der Waals surface area contributed by atoms with E-state index < -0.39 is 6.09 Å². The zero-order valence-corrected chi connectivity index (χ0v) is 12.6. The van der Waals surface area contributed by atoms with Gasteiger partial charge in [-0.25, -0.2) is 4.79 Å². The van der Waals surface area contributed by atoms with Crippen LogP contribution in [0.2, 0.25) is 0 Å². The number of ether oxygens (including phenoxy) is 1. The van der Waals surface area contributed by atoms with E-state index in [9.17, 15) is 9.59 Å². The van der Waals surface area contributed by atoms with Crippen molar-refractivity contribution in [3.05, 3.63) is 35.9 Å². The smallest absolute Gasteiger partial charge is 0.410 e. The standard InChI is InChI=1S/C15H18N2O3S/c18-14(16-6-8-21-9-7-16)10-17-13(11-20-15(17)19)12-4-2-1-3-5-12/h1-5,13H,6-11H2/t13-/m1/s1. The Bertz CT molecular complexity index is 517. The Morgan fingerprint density at radius 3 is 2.67 bits per heavy atom. The van der Waals surface area contributed by atoms with Crippen LogP contribution in [-0.4, -0.2) is 59.5 Å². The third-order valence-corrected chi connectivity index (χ3v) is 4.77. The predicted molar refractivity (Wildman–Crippen MR) is 81.1 cm³/mol. The van der Waals surface area contributed by atoms with Crippen LogP contribution >= 0.6 is 11.8 Å². The average molecular weight is 306 g/mol. The normalized spacial score (nSPS) is 22.3. The average Bonchev–Trinajstić information content (AvgIpc) is 2.90. The van der Waals surface area contributed by atoms with Gasteiger partial charge in [0.15, 0.2) is 0 Å². The number of carbonyl (C=O) groups excluding carboxylic acids is 2. The van der Waals surface area contributed by atoms with Gasteiger partial charge in [0.1, 0.15) is 13.2 Å². The summed E-state index contributed by atoms with van der Waals surface area (Å²) in [5.41, 5.74) is 1.00. The van der Waals surface area contributed by atoms with Gasteiger partial charge in [0.2, 0.25) is 5.91 Å². The number of carbonyl (C=O) groups is 2. The summed E-state index contributed by atoms with van der Waals surface area (Å²) in [4.78, 5) is 27.6. The van der Waals surface area contributed by atoms with Gasteiger partial charge in [-0.1, -0.05) is 30.3 Å². The highest BCUT2D eigenvalue weighted by Crippen LogP contribution is 2.27.